The Bertz CT molecular complexity index is 516. The molecule has 0 aliphatic heterocycles. The lowest BCUT2D eigenvalue weighted by Crippen LogP contribution is -1.88. The summed E-state index contributed by atoms with van der Waals surface area (Å²) in [4.78, 5) is 1.42. The molecule has 2 aromatic carbocycles. The average molecular weight is 298 g/mol. The number of rotatable bonds is 2. The van der Waals surface area contributed by atoms with Gasteiger partial charge in [0.15, 0.2) is 0 Å². The molecule has 2 aromatic rings. The van der Waals surface area contributed by atoms with Crippen LogP contribution in [0.1, 0.15) is 0 Å². The molecule has 4 heteroatoms. The molecule has 0 aliphatic carbocycles. The molecule has 0 saturated carbocycles. The lowest BCUT2D eigenvalue weighted by atomic mass is 10.3. The maximum atomic E-state index is 13.4. The fourth-order valence-corrected chi connectivity index (χ4v) is 2.68. The van der Waals surface area contributed by atoms with Crippen LogP contribution in [0.2, 0.25) is 0 Å². The molecule has 0 heterocycles. The summed E-state index contributed by atoms with van der Waals surface area (Å²) in [5, 5.41) is 0. The van der Waals surface area contributed by atoms with E-state index in [4.69, 9.17) is 5.73 Å². The fourth-order valence-electron chi connectivity index (χ4n) is 1.24. The topological polar surface area (TPSA) is 26.0 Å². The van der Waals surface area contributed by atoms with Crippen molar-refractivity contribution in [2.24, 2.45) is 0 Å². The van der Waals surface area contributed by atoms with Crippen molar-refractivity contribution in [3.05, 3.63) is 52.8 Å². The van der Waals surface area contributed by atoms with Gasteiger partial charge >= 0.3 is 0 Å². The minimum atomic E-state index is -0.230. The number of hydrogen-bond donors (Lipinski definition) is 1. The van der Waals surface area contributed by atoms with Gasteiger partial charge in [-0.2, -0.15) is 0 Å². The molecule has 0 amide bonds. The largest absolute Gasteiger partial charge is 0.398 e. The lowest BCUT2D eigenvalue weighted by molar-refractivity contribution is 0.602. The standard InChI is InChI=1S/C12H9BrFNS/c13-8-5-6-10(15)12(7-8)16-11-4-2-1-3-9(11)14/h1-7H,15H2. The third kappa shape index (κ3) is 2.57. The van der Waals surface area contributed by atoms with E-state index in [9.17, 15) is 4.39 Å². The van der Waals surface area contributed by atoms with E-state index in [1.54, 1.807) is 24.3 Å². The monoisotopic (exact) mass is 297 g/mol. The molecule has 2 rings (SSSR count). The van der Waals surface area contributed by atoms with Gasteiger partial charge in [-0.15, -0.1) is 0 Å². The molecule has 0 atom stereocenters. The van der Waals surface area contributed by atoms with Crippen LogP contribution in [-0.2, 0) is 0 Å². The van der Waals surface area contributed by atoms with Gasteiger partial charge in [-0.05, 0) is 30.3 Å². The Morgan fingerprint density at radius 1 is 1.06 bits per heavy atom. The van der Waals surface area contributed by atoms with Crippen molar-refractivity contribution in [3.63, 3.8) is 0 Å². The van der Waals surface area contributed by atoms with Gasteiger partial charge < -0.3 is 5.73 Å². The molecule has 0 bridgehead atoms. The molecule has 0 fully saturated rings. The summed E-state index contributed by atoms with van der Waals surface area (Å²) in [6, 6.07) is 12.2. The molecule has 0 spiro atoms. The number of halogens is 2. The van der Waals surface area contributed by atoms with Gasteiger partial charge in [-0.1, -0.05) is 39.8 Å². The van der Waals surface area contributed by atoms with E-state index >= 15 is 0 Å². The Kier molecular flexibility index (Phi) is 3.51. The van der Waals surface area contributed by atoms with E-state index in [0.717, 1.165) is 9.37 Å². The quantitative estimate of drug-likeness (QED) is 0.836. The van der Waals surface area contributed by atoms with Crippen LogP contribution in [0.4, 0.5) is 10.1 Å². The van der Waals surface area contributed by atoms with Crippen LogP contribution in [0, 0.1) is 5.82 Å². The first kappa shape index (κ1) is 11.5. The van der Waals surface area contributed by atoms with Crippen LogP contribution in [0.3, 0.4) is 0 Å². The first-order chi connectivity index (χ1) is 7.66. The molecular weight excluding hydrogens is 289 g/mol. The third-order valence-corrected chi connectivity index (χ3v) is 3.65. The van der Waals surface area contributed by atoms with E-state index in [0.29, 0.717) is 10.6 Å². The zero-order valence-electron chi connectivity index (χ0n) is 8.28. The summed E-state index contributed by atoms with van der Waals surface area (Å²) in [5.74, 6) is -0.230. The first-order valence-electron chi connectivity index (χ1n) is 4.64. The van der Waals surface area contributed by atoms with E-state index in [-0.39, 0.29) is 5.82 Å². The van der Waals surface area contributed by atoms with Gasteiger partial charge in [0.2, 0.25) is 0 Å². The molecule has 0 radical (unpaired) electrons. The maximum absolute atomic E-state index is 13.4. The molecule has 82 valence electrons. The van der Waals surface area contributed by atoms with E-state index in [1.807, 2.05) is 12.1 Å². The van der Waals surface area contributed by atoms with Crippen molar-refractivity contribution >= 4 is 33.4 Å². The van der Waals surface area contributed by atoms with Gasteiger partial charge in [0.1, 0.15) is 5.82 Å². The molecule has 0 unspecified atom stereocenters. The molecule has 0 aliphatic rings. The predicted molar refractivity (Wildman–Crippen MR) is 69.1 cm³/mol. The van der Waals surface area contributed by atoms with E-state index in [2.05, 4.69) is 15.9 Å². The normalized spacial score (nSPS) is 10.4. The highest BCUT2D eigenvalue weighted by atomic mass is 79.9. The molecular formula is C12H9BrFNS. The Morgan fingerprint density at radius 3 is 2.56 bits per heavy atom. The number of hydrogen-bond acceptors (Lipinski definition) is 2. The number of nitrogen functional groups attached to an aromatic ring is 1. The van der Waals surface area contributed by atoms with Crippen molar-refractivity contribution in [1.29, 1.82) is 0 Å². The van der Waals surface area contributed by atoms with Crippen molar-refractivity contribution in [1.82, 2.24) is 0 Å². The Balaban J connectivity index is 2.34. The van der Waals surface area contributed by atoms with Crippen molar-refractivity contribution in [2.45, 2.75) is 9.79 Å². The van der Waals surface area contributed by atoms with Crippen molar-refractivity contribution in [2.75, 3.05) is 5.73 Å². The molecule has 1 nitrogen and oxygen atoms in total. The van der Waals surface area contributed by atoms with E-state index < -0.39 is 0 Å². The average Bonchev–Trinajstić information content (AvgIpc) is 2.27. The van der Waals surface area contributed by atoms with Crippen molar-refractivity contribution < 1.29 is 4.39 Å². The first-order valence-corrected chi connectivity index (χ1v) is 6.25. The zero-order valence-corrected chi connectivity index (χ0v) is 10.7. The summed E-state index contributed by atoms with van der Waals surface area (Å²) in [6.45, 7) is 0. The third-order valence-electron chi connectivity index (χ3n) is 2.03. The SMILES string of the molecule is Nc1ccc(Br)cc1Sc1ccccc1F. The van der Waals surface area contributed by atoms with Crippen LogP contribution in [0.5, 0.6) is 0 Å². The van der Waals surface area contributed by atoms with Crippen molar-refractivity contribution in [3.8, 4) is 0 Å². The van der Waals surface area contributed by atoms with Crippen LogP contribution in [0.15, 0.2) is 56.7 Å². The van der Waals surface area contributed by atoms with Crippen LogP contribution >= 0.6 is 27.7 Å². The summed E-state index contributed by atoms with van der Waals surface area (Å²) in [5.41, 5.74) is 6.47. The highest BCUT2D eigenvalue weighted by molar-refractivity contribution is 9.10. The second kappa shape index (κ2) is 4.89. The molecule has 16 heavy (non-hydrogen) atoms. The fraction of sp³-hybridized carbons (Fsp3) is 0. The van der Waals surface area contributed by atoms with Crippen LogP contribution in [0.25, 0.3) is 0 Å². The van der Waals surface area contributed by atoms with Gasteiger partial charge in [-0.25, -0.2) is 4.39 Å². The van der Waals surface area contributed by atoms with Gasteiger partial charge in [0.25, 0.3) is 0 Å². The van der Waals surface area contributed by atoms with Crippen LogP contribution < -0.4 is 5.73 Å². The van der Waals surface area contributed by atoms with Gasteiger partial charge in [-0.3, -0.25) is 0 Å². The van der Waals surface area contributed by atoms with Gasteiger partial charge in [0.05, 0.1) is 0 Å². The predicted octanol–water partition coefficient (Wildman–Crippen LogP) is 4.32. The second-order valence-corrected chi connectivity index (χ2v) is 5.21. The Labute approximate surface area is 106 Å². The maximum Gasteiger partial charge on any atom is 0.137 e. The Morgan fingerprint density at radius 2 is 1.81 bits per heavy atom. The summed E-state index contributed by atoms with van der Waals surface area (Å²) >= 11 is 4.69. The second-order valence-electron chi connectivity index (χ2n) is 3.21. The summed E-state index contributed by atoms with van der Waals surface area (Å²) in [6.07, 6.45) is 0. The molecule has 2 N–H and O–H groups in total. The highest BCUT2D eigenvalue weighted by Crippen LogP contribution is 2.35. The summed E-state index contributed by atoms with van der Waals surface area (Å²) in [7, 11) is 0. The zero-order chi connectivity index (χ0) is 11.5. The number of benzene rings is 2. The number of nitrogens with two attached hydrogens (primary N) is 1. The number of anilines is 1. The highest BCUT2D eigenvalue weighted by Gasteiger charge is 2.06. The summed E-state index contributed by atoms with van der Waals surface area (Å²) < 4.78 is 14.4. The van der Waals surface area contributed by atoms with Crippen LogP contribution in [-0.4, -0.2) is 0 Å². The minimum absolute atomic E-state index is 0.230. The minimum Gasteiger partial charge on any atom is -0.398 e. The van der Waals surface area contributed by atoms with E-state index in [1.165, 1.54) is 17.8 Å². The molecule has 0 aromatic heterocycles. The Hall–Kier alpha value is -1.00. The molecule has 0 saturated heterocycles. The van der Waals surface area contributed by atoms with Gasteiger partial charge in [0, 0.05) is 20.0 Å². The lowest BCUT2D eigenvalue weighted by Gasteiger charge is -2.06. The smallest absolute Gasteiger partial charge is 0.137 e.